The molecule has 0 aromatic heterocycles. The van der Waals surface area contributed by atoms with Crippen LogP contribution in [0.5, 0.6) is 0 Å². The van der Waals surface area contributed by atoms with Gasteiger partial charge >= 0.3 is 0 Å². The highest BCUT2D eigenvalue weighted by Gasteiger charge is 2.28. The summed E-state index contributed by atoms with van der Waals surface area (Å²) in [4.78, 5) is 22.0. The minimum Gasteiger partial charge on any atom is -0.352 e. The van der Waals surface area contributed by atoms with Gasteiger partial charge < -0.3 is 10.6 Å². The Balaban J connectivity index is 1.88. The zero-order valence-corrected chi connectivity index (χ0v) is 10.8. The highest BCUT2D eigenvalue weighted by Crippen LogP contribution is 2.16. The zero-order valence-electron chi connectivity index (χ0n) is 10.8. The maximum Gasteiger partial charge on any atom is 0.269 e. The van der Waals surface area contributed by atoms with E-state index in [1.54, 1.807) is 12.1 Å². The van der Waals surface area contributed by atoms with Crippen molar-refractivity contribution in [2.45, 2.75) is 25.9 Å². The zero-order chi connectivity index (χ0) is 13.8. The molecule has 2 rings (SSSR count). The molecule has 1 aromatic carbocycles. The minimum atomic E-state index is -0.436. The van der Waals surface area contributed by atoms with Crippen LogP contribution < -0.4 is 10.6 Å². The lowest BCUT2D eigenvalue weighted by Crippen LogP contribution is -2.36. The lowest BCUT2D eigenvalue weighted by atomic mass is 10.0. The van der Waals surface area contributed by atoms with Gasteiger partial charge in [-0.3, -0.25) is 14.9 Å². The molecule has 1 amide bonds. The van der Waals surface area contributed by atoms with Crippen molar-refractivity contribution in [3.63, 3.8) is 0 Å². The second-order valence-corrected chi connectivity index (χ2v) is 4.78. The highest BCUT2D eigenvalue weighted by atomic mass is 16.6. The average molecular weight is 263 g/mol. The molecule has 1 saturated heterocycles. The number of rotatable bonds is 4. The Morgan fingerprint density at radius 1 is 1.47 bits per heavy atom. The first-order chi connectivity index (χ1) is 9.08. The van der Waals surface area contributed by atoms with E-state index in [9.17, 15) is 14.9 Å². The molecule has 1 aliphatic heterocycles. The quantitative estimate of drug-likeness (QED) is 0.631. The van der Waals surface area contributed by atoms with Crippen molar-refractivity contribution in [3.8, 4) is 0 Å². The number of hydrogen-bond donors (Lipinski definition) is 2. The molecule has 0 saturated carbocycles. The van der Waals surface area contributed by atoms with Crippen LogP contribution in [0.2, 0.25) is 0 Å². The van der Waals surface area contributed by atoms with Crippen molar-refractivity contribution in [1.82, 2.24) is 10.6 Å². The van der Waals surface area contributed by atoms with Crippen molar-refractivity contribution >= 4 is 11.6 Å². The predicted octanol–water partition coefficient (Wildman–Crippen LogP) is 1.21. The molecular formula is C13H17N3O3. The molecule has 0 aliphatic carbocycles. The maximum atomic E-state index is 11.9. The van der Waals surface area contributed by atoms with Crippen LogP contribution in [0.3, 0.4) is 0 Å². The fraction of sp³-hybridized carbons (Fsp3) is 0.462. The number of nitrogens with one attached hydrogen (secondary N) is 2. The summed E-state index contributed by atoms with van der Waals surface area (Å²) in [7, 11) is 0. The number of nitrogens with zero attached hydrogens (tertiary/aromatic N) is 1. The van der Waals surface area contributed by atoms with Gasteiger partial charge in [-0.15, -0.1) is 0 Å². The second kappa shape index (κ2) is 5.79. The molecule has 1 aliphatic rings. The number of carbonyl (C=O) groups excluding carboxylic acids is 1. The molecular weight excluding hydrogens is 246 g/mol. The third kappa shape index (κ3) is 3.29. The third-order valence-corrected chi connectivity index (χ3v) is 3.48. The molecule has 102 valence electrons. The van der Waals surface area contributed by atoms with E-state index >= 15 is 0 Å². The molecule has 2 atom stereocenters. The Bertz CT molecular complexity index is 473. The summed E-state index contributed by atoms with van der Waals surface area (Å²) in [5.41, 5.74) is 0.918. The van der Waals surface area contributed by atoms with Gasteiger partial charge in [-0.1, -0.05) is 12.1 Å². The fourth-order valence-electron chi connectivity index (χ4n) is 2.27. The first-order valence-corrected chi connectivity index (χ1v) is 6.32. The summed E-state index contributed by atoms with van der Waals surface area (Å²) in [5.74, 6) is 0.0499. The van der Waals surface area contributed by atoms with Crippen molar-refractivity contribution in [3.05, 3.63) is 39.9 Å². The number of amides is 1. The van der Waals surface area contributed by atoms with E-state index in [1.165, 1.54) is 12.1 Å². The summed E-state index contributed by atoms with van der Waals surface area (Å²) in [6, 6.07) is 6.42. The normalized spacial score (nSPS) is 22.2. The largest absolute Gasteiger partial charge is 0.352 e. The Kier molecular flexibility index (Phi) is 4.11. The Hall–Kier alpha value is -1.95. The summed E-state index contributed by atoms with van der Waals surface area (Å²) in [6.07, 6.45) is 0.854. The van der Waals surface area contributed by atoms with Gasteiger partial charge in [0.15, 0.2) is 0 Å². The molecule has 1 heterocycles. The van der Waals surface area contributed by atoms with E-state index in [0.717, 1.165) is 18.5 Å². The number of nitro groups is 1. The van der Waals surface area contributed by atoms with Crippen LogP contribution in [0, 0.1) is 16.0 Å². The van der Waals surface area contributed by atoms with Crippen molar-refractivity contribution < 1.29 is 9.72 Å². The number of nitro benzene ring substituents is 1. The van der Waals surface area contributed by atoms with E-state index in [0.29, 0.717) is 6.54 Å². The lowest BCUT2D eigenvalue weighted by Gasteiger charge is -2.14. The molecule has 19 heavy (non-hydrogen) atoms. The standard InChI is InChI=1S/C13H17N3O3/c1-9-12(6-7-14-9)13(17)15-8-10-2-4-11(5-3-10)16(18)19/h2-5,9,12,14H,6-8H2,1H3,(H,15,17). The van der Waals surface area contributed by atoms with Crippen LogP contribution >= 0.6 is 0 Å². The second-order valence-electron chi connectivity index (χ2n) is 4.78. The Labute approximate surface area is 111 Å². The summed E-state index contributed by atoms with van der Waals surface area (Å²) >= 11 is 0. The minimum absolute atomic E-state index is 0.0121. The van der Waals surface area contributed by atoms with Gasteiger partial charge in [-0.25, -0.2) is 0 Å². The maximum absolute atomic E-state index is 11.9. The lowest BCUT2D eigenvalue weighted by molar-refractivity contribution is -0.384. The van der Waals surface area contributed by atoms with Crippen LogP contribution in [-0.2, 0) is 11.3 Å². The summed E-state index contributed by atoms with van der Waals surface area (Å²) in [6.45, 7) is 3.28. The van der Waals surface area contributed by atoms with E-state index in [2.05, 4.69) is 10.6 Å². The first kappa shape index (κ1) is 13.5. The number of hydrogen-bond acceptors (Lipinski definition) is 4. The van der Waals surface area contributed by atoms with Crippen molar-refractivity contribution in [2.75, 3.05) is 6.54 Å². The molecule has 0 spiro atoms. The van der Waals surface area contributed by atoms with Crippen LogP contribution in [0.4, 0.5) is 5.69 Å². The monoisotopic (exact) mass is 263 g/mol. The Morgan fingerprint density at radius 3 is 2.68 bits per heavy atom. The van der Waals surface area contributed by atoms with Crippen molar-refractivity contribution in [1.29, 1.82) is 0 Å². The van der Waals surface area contributed by atoms with Crippen LogP contribution in [0.1, 0.15) is 18.9 Å². The highest BCUT2D eigenvalue weighted by molar-refractivity contribution is 5.79. The van der Waals surface area contributed by atoms with Gasteiger partial charge in [0, 0.05) is 24.7 Å². The first-order valence-electron chi connectivity index (χ1n) is 6.32. The van der Waals surface area contributed by atoms with Gasteiger partial charge in [-0.05, 0) is 25.5 Å². The smallest absolute Gasteiger partial charge is 0.269 e. The molecule has 0 radical (unpaired) electrons. The van der Waals surface area contributed by atoms with E-state index in [-0.39, 0.29) is 23.6 Å². The molecule has 6 heteroatoms. The number of non-ortho nitro benzene ring substituents is 1. The molecule has 2 unspecified atom stereocenters. The fourth-order valence-corrected chi connectivity index (χ4v) is 2.27. The van der Waals surface area contributed by atoms with Gasteiger partial charge in [0.1, 0.15) is 0 Å². The Morgan fingerprint density at radius 2 is 2.16 bits per heavy atom. The molecule has 0 bridgehead atoms. The number of carbonyl (C=O) groups is 1. The van der Waals surface area contributed by atoms with Gasteiger partial charge in [0.05, 0.1) is 10.8 Å². The van der Waals surface area contributed by atoms with E-state index in [4.69, 9.17) is 0 Å². The van der Waals surface area contributed by atoms with Crippen LogP contribution in [0.15, 0.2) is 24.3 Å². The molecule has 6 nitrogen and oxygen atoms in total. The molecule has 1 fully saturated rings. The summed E-state index contributed by atoms with van der Waals surface area (Å²) < 4.78 is 0. The van der Waals surface area contributed by atoms with E-state index in [1.807, 2.05) is 6.92 Å². The average Bonchev–Trinajstić information content (AvgIpc) is 2.83. The van der Waals surface area contributed by atoms with Crippen LogP contribution in [0.25, 0.3) is 0 Å². The van der Waals surface area contributed by atoms with Gasteiger partial charge in [0.25, 0.3) is 5.69 Å². The van der Waals surface area contributed by atoms with Crippen molar-refractivity contribution in [2.24, 2.45) is 5.92 Å². The predicted molar refractivity (Wildman–Crippen MR) is 70.5 cm³/mol. The summed E-state index contributed by atoms with van der Waals surface area (Å²) in [5, 5.41) is 16.6. The topological polar surface area (TPSA) is 84.3 Å². The SMILES string of the molecule is CC1NCCC1C(=O)NCc1ccc([N+](=O)[O-])cc1. The number of benzene rings is 1. The van der Waals surface area contributed by atoms with Gasteiger partial charge in [0.2, 0.25) is 5.91 Å². The van der Waals surface area contributed by atoms with Gasteiger partial charge in [-0.2, -0.15) is 0 Å². The molecule has 1 aromatic rings. The molecule has 2 N–H and O–H groups in total. The third-order valence-electron chi connectivity index (χ3n) is 3.48. The van der Waals surface area contributed by atoms with Crippen LogP contribution in [-0.4, -0.2) is 23.4 Å². The van der Waals surface area contributed by atoms with E-state index < -0.39 is 4.92 Å².